The Morgan fingerprint density at radius 2 is 2.06 bits per heavy atom. The molecule has 1 aliphatic carbocycles. The van der Waals surface area contributed by atoms with Crippen LogP contribution >= 0.6 is 34.7 Å². The fraction of sp³-hybridized carbons (Fsp3) is 0.238. The highest BCUT2D eigenvalue weighted by molar-refractivity contribution is 7.99. The molecule has 0 radical (unpaired) electrons. The normalized spacial score (nSPS) is 13.5. The van der Waals surface area contributed by atoms with Gasteiger partial charge in [-0.2, -0.15) is 5.10 Å². The van der Waals surface area contributed by atoms with E-state index >= 15 is 0 Å². The predicted molar refractivity (Wildman–Crippen MR) is 125 cm³/mol. The molecule has 5 rings (SSSR count). The minimum atomic E-state index is -0.112. The molecule has 158 valence electrons. The Bertz CT molecular complexity index is 1210. The lowest BCUT2D eigenvalue weighted by Crippen LogP contribution is -2.16. The van der Waals surface area contributed by atoms with E-state index in [1.165, 1.54) is 11.8 Å². The molecule has 1 aromatic carbocycles. The number of hydrogen-bond donors (Lipinski definition) is 1. The maximum Gasteiger partial charge on any atom is 0.235 e. The summed E-state index contributed by atoms with van der Waals surface area (Å²) < 4.78 is 3.83. The molecule has 4 aromatic rings. The summed E-state index contributed by atoms with van der Waals surface area (Å²) in [4.78, 5) is 13.7. The lowest BCUT2D eigenvalue weighted by molar-refractivity contribution is -0.113. The second kappa shape index (κ2) is 8.49. The van der Waals surface area contributed by atoms with E-state index in [0.717, 1.165) is 40.0 Å². The van der Waals surface area contributed by atoms with Crippen molar-refractivity contribution in [1.82, 2.24) is 24.5 Å². The number of halogens is 1. The van der Waals surface area contributed by atoms with E-state index in [0.29, 0.717) is 16.9 Å². The van der Waals surface area contributed by atoms with Crippen molar-refractivity contribution in [3.05, 3.63) is 52.9 Å². The van der Waals surface area contributed by atoms with Crippen molar-refractivity contribution in [2.24, 2.45) is 7.05 Å². The van der Waals surface area contributed by atoms with E-state index in [-0.39, 0.29) is 11.7 Å². The number of rotatable bonds is 7. The van der Waals surface area contributed by atoms with Gasteiger partial charge in [-0.05, 0) is 36.4 Å². The molecule has 0 bridgehead atoms. The molecule has 1 amide bonds. The average molecular weight is 471 g/mol. The summed E-state index contributed by atoms with van der Waals surface area (Å²) in [6, 6.07) is 13.8. The van der Waals surface area contributed by atoms with Crippen LogP contribution in [0.1, 0.15) is 18.9 Å². The second-order valence-electron chi connectivity index (χ2n) is 7.27. The SMILES string of the molecule is Cn1nc(-c2ccc(Cl)cc2)cc1NC(=O)CSc1nnc(-c2cccs2)n1C1CC1. The van der Waals surface area contributed by atoms with Crippen molar-refractivity contribution >= 4 is 46.4 Å². The molecule has 1 N–H and O–H groups in total. The third-order valence-corrected chi connectivity index (χ3v) is 7.00. The van der Waals surface area contributed by atoms with E-state index in [1.54, 1.807) is 23.1 Å². The first-order valence-corrected chi connectivity index (χ1v) is 12.0. The van der Waals surface area contributed by atoms with Crippen LogP contribution in [0.3, 0.4) is 0 Å². The summed E-state index contributed by atoms with van der Waals surface area (Å²) in [7, 11) is 1.80. The van der Waals surface area contributed by atoms with Gasteiger partial charge in [0, 0.05) is 29.7 Å². The molecule has 0 aliphatic heterocycles. The molecule has 0 saturated heterocycles. The zero-order chi connectivity index (χ0) is 21.4. The third kappa shape index (κ3) is 4.39. The van der Waals surface area contributed by atoms with Gasteiger partial charge in [0.2, 0.25) is 5.91 Å². The molecular weight excluding hydrogens is 452 g/mol. The Balaban J connectivity index is 1.27. The minimum absolute atomic E-state index is 0.112. The lowest BCUT2D eigenvalue weighted by Gasteiger charge is -2.08. The lowest BCUT2D eigenvalue weighted by atomic mass is 10.1. The minimum Gasteiger partial charge on any atom is -0.310 e. The van der Waals surface area contributed by atoms with Crippen LogP contribution in [0.15, 0.2) is 53.0 Å². The van der Waals surface area contributed by atoms with Gasteiger partial charge in [0.25, 0.3) is 0 Å². The molecule has 0 unspecified atom stereocenters. The van der Waals surface area contributed by atoms with Gasteiger partial charge in [-0.1, -0.05) is 41.6 Å². The monoisotopic (exact) mass is 470 g/mol. The fourth-order valence-electron chi connectivity index (χ4n) is 3.27. The quantitative estimate of drug-likeness (QED) is 0.379. The van der Waals surface area contributed by atoms with Crippen molar-refractivity contribution in [3.63, 3.8) is 0 Å². The summed E-state index contributed by atoms with van der Waals surface area (Å²) in [5.41, 5.74) is 1.71. The molecule has 1 saturated carbocycles. The van der Waals surface area contributed by atoms with Gasteiger partial charge in [0.1, 0.15) is 5.82 Å². The molecule has 0 atom stereocenters. The Hall–Kier alpha value is -2.62. The predicted octanol–water partition coefficient (Wildman–Crippen LogP) is 5.13. The number of nitrogens with one attached hydrogen (secondary N) is 1. The molecular formula is C21H19ClN6OS2. The summed E-state index contributed by atoms with van der Waals surface area (Å²) in [5, 5.41) is 19.7. The largest absolute Gasteiger partial charge is 0.310 e. The highest BCUT2D eigenvalue weighted by atomic mass is 35.5. The number of carbonyl (C=O) groups is 1. The van der Waals surface area contributed by atoms with Crippen LogP contribution in [0.2, 0.25) is 5.02 Å². The topological polar surface area (TPSA) is 77.6 Å². The molecule has 10 heteroatoms. The number of aromatic nitrogens is 5. The number of benzene rings is 1. The van der Waals surface area contributed by atoms with Crippen LogP contribution in [-0.4, -0.2) is 36.2 Å². The van der Waals surface area contributed by atoms with Gasteiger partial charge in [-0.15, -0.1) is 21.5 Å². The van der Waals surface area contributed by atoms with Crippen LogP contribution in [0.4, 0.5) is 5.82 Å². The molecule has 31 heavy (non-hydrogen) atoms. The van der Waals surface area contributed by atoms with E-state index in [4.69, 9.17) is 11.6 Å². The Labute approximate surface area is 192 Å². The highest BCUT2D eigenvalue weighted by Crippen LogP contribution is 2.41. The van der Waals surface area contributed by atoms with Crippen LogP contribution in [0.25, 0.3) is 22.0 Å². The van der Waals surface area contributed by atoms with E-state index in [1.807, 2.05) is 41.8 Å². The highest BCUT2D eigenvalue weighted by Gasteiger charge is 2.30. The maximum atomic E-state index is 12.6. The van der Waals surface area contributed by atoms with Crippen molar-refractivity contribution in [2.45, 2.75) is 24.0 Å². The summed E-state index contributed by atoms with van der Waals surface area (Å²) in [5.74, 6) is 1.66. The number of anilines is 1. The first kappa shape index (κ1) is 20.3. The van der Waals surface area contributed by atoms with Crippen LogP contribution in [0.5, 0.6) is 0 Å². The number of hydrogen-bond acceptors (Lipinski definition) is 6. The Morgan fingerprint density at radius 3 is 2.77 bits per heavy atom. The first-order chi connectivity index (χ1) is 15.1. The van der Waals surface area contributed by atoms with Crippen LogP contribution in [0, 0.1) is 0 Å². The zero-order valence-electron chi connectivity index (χ0n) is 16.7. The Kier molecular flexibility index (Phi) is 5.56. The standard InChI is InChI=1S/C21H19ClN6OS2/c1-27-18(11-16(26-27)13-4-6-14(22)7-5-13)23-19(29)12-31-21-25-24-20(17-3-2-10-30-17)28(21)15-8-9-15/h2-7,10-11,15H,8-9,12H2,1H3,(H,23,29). The van der Waals surface area contributed by atoms with Crippen molar-refractivity contribution in [3.8, 4) is 22.0 Å². The number of amides is 1. The van der Waals surface area contributed by atoms with Crippen molar-refractivity contribution < 1.29 is 4.79 Å². The fourth-order valence-corrected chi connectivity index (χ4v) is 4.90. The number of aryl methyl sites for hydroxylation is 1. The average Bonchev–Trinajstić information content (AvgIpc) is 3.14. The molecule has 3 aromatic heterocycles. The summed E-state index contributed by atoms with van der Waals surface area (Å²) in [6.45, 7) is 0. The van der Waals surface area contributed by atoms with Gasteiger partial charge < -0.3 is 5.32 Å². The smallest absolute Gasteiger partial charge is 0.235 e. The van der Waals surface area contributed by atoms with Crippen molar-refractivity contribution in [2.75, 3.05) is 11.1 Å². The number of carbonyl (C=O) groups excluding carboxylic acids is 1. The van der Waals surface area contributed by atoms with Gasteiger partial charge in [0.05, 0.1) is 16.3 Å². The van der Waals surface area contributed by atoms with Crippen LogP contribution < -0.4 is 5.32 Å². The van der Waals surface area contributed by atoms with Crippen LogP contribution in [-0.2, 0) is 11.8 Å². The third-order valence-electron chi connectivity index (χ3n) is 4.94. The molecule has 0 spiro atoms. The molecule has 3 heterocycles. The number of thioether (sulfide) groups is 1. The van der Waals surface area contributed by atoms with E-state index < -0.39 is 0 Å². The van der Waals surface area contributed by atoms with Gasteiger partial charge in [-0.3, -0.25) is 14.0 Å². The maximum absolute atomic E-state index is 12.6. The number of thiophene rings is 1. The molecule has 7 nitrogen and oxygen atoms in total. The van der Waals surface area contributed by atoms with E-state index in [2.05, 4.69) is 31.2 Å². The summed E-state index contributed by atoms with van der Waals surface area (Å²) in [6.07, 6.45) is 2.25. The van der Waals surface area contributed by atoms with Gasteiger partial charge >= 0.3 is 0 Å². The second-order valence-corrected chi connectivity index (χ2v) is 9.59. The van der Waals surface area contributed by atoms with Gasteiger partial charge in [0.15, 0.2) is 11.0 Å². The summed E-state index contributed by atoms with van der Waals surface area (Å²) >= 11 is 9.02. The van der Waals surface area contributed by atoms with Gasteiger partial charge in [-0.25, -0.2) is 0 Å². The molecule has 1 aliphatic rings. The zero-order valence-corrected chi connectivity index (χ0v) is 19.0. The Morgan fingerprint density at radius 1 is 1.26 bits per heavy atom. The first-order valence-electron chi connectivity index (χ1n) is 9.80. The van der Waals surface area contributed by atoms with E-state index in [9.17, 15) is 4.79 Å². The number of nitrogens with zero attached hydrogens (tertiary/aromatic N) is 5. The molecule has 1 fully saturated rings. The van der Waals surface area contributed by atoms with Crippen molar-refractivity contribution in [1.29, 1.82) is 0 Å².